The molecule has 8 heteroatoms. The molecule has 0 radical (unpaired) electrons. The summed E-state index contributed by atoms with van der Waals surface area (Å²) < 4.78 is 16.2. The van der Waals surface area contributed by atoms with Gasteiger partial charge in [0.2, 0.25) is 0 Å². The van der Waals surface area contributed by atoms with Crippen LogP contribution < -0.4 is 15.3 Å². The summed E-state index contributed by atoms with van der Waals surface area (Å²) in [4.78, 5) is 26.8. The van der Waals surface area contributed by atoms with E-state index in [9.17, 15) is 9.59 Å². The van der Waals surface area contributed by atoms with E-state index in [0.717, 1.165) is 17.1 Å². The van der Waals surface area contributed by atoms with Crippen LogP contribution in [0.4, 0.5) is 5.69 Å². The molecule has 2 aromatic carbocycles. The first kappa shape index (κ1) is 22.2. The number of nitrogens with one attached hydrogen (secondary N) is 1. The minimum absolute atomic E-state index is 0.0316. The lowest BCUT2D eigenvalue weighted by molar-refractivity contribution is -0.113. The topological polar surface area (TPSA) is 96.7 Å². The number of hydrogen-bond acceptors (Lipinski definition) is 7. The monoisotopic (exact) mass is 460 g/mol. The van der Waals surface area contributed by atoms with Crippen molar-refractivity contribution in [3.8, 4) is 16.9 Å². The molecule has 0 aliphatic rings. The number of ether oxygens (including phenoxy) is 1. The van der Waals surface area contributed by atoms with Gasteiger partial charge in [0.25, 0.3) is 5.91 Å². The molecule has 2 aromatic heterocycles. The number of nitrogens with zero attached hydrogens (tertiary/aromatic N) is 1. The number of carbonyl (C=O) groups excluding carboxylic acids is 1. The van der Waals surface area contributed by atoms with Crippen molar-refractivity contribution in [2.24, 2.45) is 0 Å². The van der Waals surface area contributed by atoms with Gasteiger partial charge in [-0.1, -0.05) is 30.0 Å². The third-order valence-corrected chi connectivity index (χ3v) is 5.49. The second-order valence-electron chi connectivity index (χ2n) is 6.90. The molecule has 0 saturated heterocycles. The van der Waals surface area contributed by atoms with Gasteiger partial charge in [0.1, 0.15) is 17.1 Å². The van der Waals surface area contributed by atoms with Gasteiger partial charge in [0.05, 0.1) is 24.6 Å². The fourth-order valence-electron chi connectivity index (χ4n) is 3.34. The lowest BCUT2D eigenvalue weighted by atomic mass is 10.0. The van der Waals surface area contributed by atoms with Crippen molar-refractivity contribution >= 4 is 45.6 Å². The Hall–Kier alpha value is -4.04. The predicted molar refractivity (Wildman–Crippen MR) is 131 cm³/mol. The zero-order valence-corrected chi connectivity index (χ0v) is 18.7. The number of thioether (sulfide) groups is 1. The second kappa shape index (κ2) is 9.62. The van der Waals surface area contributed by atoms with Crippen LogP contribution in [0.3, 0.4) is 0 Å². The average Bonchev–Trinajstić information content (AvgIpc) is 3.36. The summed E-state index contributed by atoms with van der Waals surface area (Å²) in [7, 11) is 1.48. The van der Waals surface area contributed by atoms with Gasteiger partial charge >= 0.3 is 5.63 Å². The summed E-state index contributed by atoms with van der Waals surface area (Å²) in [6.07, 6.45) is 6.10. The number of benzene rings is 2. The van der Waals surface area contributed by atoms with Crippen LogP contribution in [0.25, 0.3) is 28.2 Å². The fraction of sp³-hybridized carbons (Fsp3) is 0.0800. The van der Waals surface area contributed by atoms with Crippen molar-refractivity contribution in [3.63, 3.8) is 0 Å². The number of methoxy groups -OCH3 is 1. The molecule has 0 aliphatic carbocycles. The Morgan fingerprint density at radius 2 is 1.91 bits per heavy atom. The van der Waals surface area contributed by atoms with Crippen LogP contribution in [0.15, 0.2) is 86.6 Å². The van der Waals surface area contributed by atoms with Gasteiger partial charge < -0.3 is 13.6 Å². The van der Waals surface area contributed by atoms with Gasteiger partial charge in [-0.25, -0.2) is 4.79 Å². The maximum Gasteiger partial charge on any atom is 0.344 e. The number of furan rings is 1. The quantitative estimate of drug-likeness (QED) is 0.185. The Balaban J connectivity index is 1.75. The van der Waals surface area contributed by atoms with E-state index in [0.29, 0.717) is 33.9 Å². The molecule has 0 bridgehead atoms. The number of amidine groups is 1. The molecular formula is C25H20N2O5S. The molecule has 166 valence electrons. The highest BCUT2D eigenvalue weighted by molar-refractivity contribution is 8.13. The lowest BCUT2D eigenvalue weighted by Crippen LogP contribution is -2.33. The second-order valence-corrected chi connectivity index (χ2v) is 7.70. The Bertz CT molecular complexity index is 1410. The van der Waals surface area contributed by atoms with E-state index < -0.39 is 11.5 Å². The molecule has 1 N–H and O–H groups in total. The molecule has 0 atom stereocenters. The summed E-state index contributed by atoms with van der Waals surface area (Å²) in [5, 5.41) is 9.10. The van der Waals surface area contributed by atoms with Gasteiger partial charge in [-0.05, 0) is 48.7 Å². The number of hydrogen-bond donors (Lipinski definition) is 1. The molecule has 0 saturated carbocycles. The molecular weight excluding hydrogens is 440 g/mol. The third kappa shape index (κ3) is 4.61. The number of rotatable bonds is 5. The zero-order valence-electron chi connectivity index (χ0n) is 17.9. The first-order chi connectivity index (χ1) is 16.0. The van der Waals surface area contributed by atoms with Gasteiger partial charge in [0.15, 0.2) is 5.17 Å². The highest BCUT2D eigenvalue weighted by Crippen LogP contribution is 2.34. The smallest absolute Gasteiger partial charge is 0.344 e. The Morgan fingerprint density at radius 3 is 2.64 bits per heavy atom. The molecule has 0 spiro atoms. The van der Waals surface area contributed by atoms with Crippen molar-refractivity contribution in [2.75, 3.05) is 18.3 Å². The minimum Gasteiger partial charge on any atom is -0.496 e. The van der Waals surface area contributed by atoms with E-state index in [1.54, 1.807) is 54.8 Å². The van der Waals surface area contributed by atoms with Gasteiger partial charge in [-0.3, -0.25) is 15.1 Å². The van der Waals surface area contributed by atoms with Gasteiger partial charge in [0, 0.05) is 23.1 Å². The largest absolute Gasteiger partial charge is 0.496 e. The van der Waals surface area contributed by atoms with E-state index in [1.807, 2.05) is 12.1 Å². The molecule has 0 fully saturated rings. The van der Waals surface area contributed by atoms with Gasteiger partial charge in [-0.15, -0.1) is 0 Å². The number of fused-ring (bicyclic) bond motifs is 1. The molecule has 2 heterocycles. The van der Waals surface area contributed by atoms with Crippen LogP contribution in [-0.2, 0) is 4.79 Å². The van der Waals surface area contributed by atoms with E-state index >= 15 is 0 Å². The van der Waals surface area contributed by atoms with E-state index in [-0.39, 0.29) is 5.17 Å². The number of amides is 1. The standard InChI is InChI=1S/C25H20N2O5S/c1-30-22-15-17(27(25(26)33-2)23(28)12-10-18-7-5-13-31-18)9-11-19(22)20-14-16-6-3-4-8-21(16)32-24(20)29/h3-15,26H,1-2H3/b12-10+,26-25?. The van der Waals surface area contributed by atoms with Crippen LogP contribution >= 0.6 is 11.8 Å². The number of carbonyl (C=O) groups is 1. The fourth-order valence-corrected chi connectivity index (χ4v) is 3.72. The van der Waals surface area contributed by atoms with Crippen LogP contribution in [0, 0.1) is 5.41 Å². The Labute approximate surface area is 193 Å². The average molecular weight is 461 g/mol. The molecule has 4 aromatic rings. The minimum atomic E-state index is -0.495. The van der Waals surface area contributed by atoms with Crippen LogP contribution in [0.5, 0.6) is 5.75 Å². The third-order valence-electron chi connectivity index (χ3n) is 4.93. The lowest BCUT2D eigenvalue weighted by Gasteiger charge is -2.22. The summed E-state index contributed by atoms with van der Waals surface area (Å²) >= 11 is 1.12. The number of para-hydroxylation sites is 1. The van der Waals surface area contributed by atoms with Gasteiger partial charge in [-0.2, -0.15) is 0 Å². The van der Waals surface area contributed by atoms with Crippen molar-refractivity contribution in [1.82, 2.24) is 0 Å². The first-order valence-corrected chi connectivity index (χ1v) is 11.1. The van der Waals surface area contributed by atoms with Crippen molar-refractivity contribution in [2.45, 2.75) is 0 Å². The number of anilines is 1. The molecule has 7 nitrogen and oxygen atoms in total. The Morgan fingerprint density at radius 1 is 1.09 bits per heavy atom. The molecule has 0 aliphatic heterocycles. The van der Waals surface area contributed by atoms with Crippen molar-refractivity contribution in [3.05, 3.63) is 89.2 Å². The van der Waals surface area contributed by atoms with E-state index in [2.05, 4.69) is 0 Å². The Kier molecular flexibility index (Phi) is 6.46. The molecule has 33 heavy (non-hydrogen) atoms. The molecule has 4 rings (SSSR count). The highest BCUT2D eigenvalue weighted by Gasteiger charge is 2.21. The first-order valence-electron chi connectivity index (χ1n) is 9.91. The maximum absolute atomic E-state index is 12.9. The predicted octanol–water partition coefficient (Wildman–Crippen LogP) is 5.41. The van der Waals surface area contributed by atoms with Crippen LogP contribution in [0.1, 0.15) is 5.76 Å². The SMILES string of the molecule is COc1cc(N(C(=N)SC)C(=O)/C=C/c2ccco2)ccc1-c1cc2ccccc2oc1=O. The maximum atomic E-state index is 12.9. The zero-order chi connectivity index (χ0) is 23.4. The van der Waals surface area contributed by atoms with E-state index in [4.69, 9.17) is 19.0 Å². The summed E-state index contributed by atoms with van der Waals surface area (Å²) in [5.74, 6) is 0.470. The summed E-state index contributed by atoms with van der Waals surface area (Å²) in [6, 6.07) is 17.4. The normalized spacial score (nSPS) is 11.1. The molecule has 1 amide bonds. The highest BCUT2D eigenvalue weighted by atomic mass is 32.2. The van der Waals surface area contributed by atoms with Crippen molar-refractivity contribution < 1.29 is 18.4 Å². The van der Waals surface area contributed by atoms with Crippen molar-refractivity contribution in [1.29, 1.82) is 5.41 Å². The summed E-state index contributed by atoms with van der Waals surface area (Å²) in [5.41, 5.74) is 1.29. The summed E-state index contributed by atoms with van der Waals surface area (Å²) in [6.45, 7) is 0. The van der Waals surface area contributed by atoms with E-state index in [1.165, 1.54) is 30.4 Å². The van der Waals surface area contributed by atoms with Crippen LogP contribution in [-0.4, -0.2) is 24.4 Å². The van der Waals surface area contributed by atoms with Crippen LogP contribution in [0.2, 0.25) is 0 Å². The molecule has 0 unspecified atom stereocenters.